The molecule has 4 rings (SSSR count). The van der Waals surface area contributed by atoms with Crippen molar-refractivity contribution >= 4 is 17.2 Å². The van der Waals surface area contributed by atoms with Crippen LogP contribution in [0.3, 0.4) is 0 Å². The molecule has 7 nitrogen and oxygen atoms in total. The molecule has 0 radical (unpaired) electrons. The predicted octanol–water partition coefficient (Wildman–Crippen LogP) is 1.99. The Bertz CT molecular complexity index is 1000. The minimum atomic E-state index is -0.329. The van der Waals surface area contributed by atoms with Crippen molar-refractivity contribution in [1.82, 2.24) is 25.0 Å². The van der Waals surface area contributed by atoms with Crippen LogP contribution in [0.5, 0.6) is 0 Å². The second-order valence-electron chi connectivity index (χ2n) is 6.53. The van der Waals surface area contributed by atoms with Crippen LogP contribution in [0.25, 0.3) is 10.6 Å². The predicted molar refractivity (Wildman–Crippen MR) is 104 cm³/mol. The number of aromatic nitrogens is 3. The van der Waals surface area contributed by atoms with E-state index in [0.29, 0.717) is 19.6 Å². The summed E-state index contributed by atoms with van der Waals surface area (Å²) in [5.41, 5.74) is 1.79. The Hall–Kier alpha value is -2.91. The summed E-state index contributed by atoms with van der Waals surface area (Å²) in [6, 6.07) is 9.07. The molecule has 1 saturated heterocycles. The molecule has 1 amide bonds. The largest absolute Gasteiger partial charge is 0.335 e. The molecule has 3 heterocycles. The molecule has 144 valence electrons. The van der Waals surface area contributed by atoms with Crippen LogP contribution in [-0.4, -0.2) is 57.1 Å². The van der Waals surface area contributed by atoms with Gasteiger partial charge < -0.3 is 4.90 Å². The summed E-state index contributed by atoms with van der Waals surface area (Å²) in [7, 11) is 0. The highest BCUT2D eigenvalue weighted by molar-refractivity contribution is 7.13. The third kappa shape index (κ3) is 4.15. The van der Waals surface area contributed by atoms with Gasteiger partial charge in [-0.25, -0.2) is 14.5 Å². The van der Waals surface area contributed by atoms with Gasteiger partial charge in [0, 0.05) is 49.7 Å². The first-order valence-electron chi connectivity index (χ1n) is 8.86. The number of aromatic amines is 1. The Morgan fingerprint density at radius 3 is 2.54 bits per heavy atom. The number of rotatable bonds is 4. The molecule has 1 N–H and O–H groups in total. The molecule has 2 aromatic heterocycles. The number of hydrogen-bond acceptors (Lipinski definition) is 6. The number of carbonyl (C=O) groups excluding carboxylic acids is 1. The van der Waals surface area contributed by atoms with E-state index in [9.17, 15) is 14.0 Å². The Labute approximate surface area is 164 Å². The Balaban J connectivity index is 1.33. The fourth-order valence-corrected chi connectivity index (χ4v) is 3.89. The summed E-state index contributed by atoms with van der Waals surface area (Å²) >= 11 is 1.54. The van der Waals surface area contributed by atoms with Gasteiger partial charge in [-0.2, -0.15) is 5.10 Å². The number of halogens is 1. The number of H-pyrrole nitrogens is 1. The number of nitrogens with one attached hydrogen (secondary N) is 1. The topological polar surface area (TPSA) is 82.2 Å². The van der Waals surface area contributed by atoms with Gasteiger partial charge in [0.25, 0.3) is 11.5 Å². The van der Waals surface area contributed by atoms with Crippen molar-refractivity contribution in [1.29, 1.82) is 0 Å². The lowest BCUT2D eigenvalue weighted by atomic mass is 10.2. The van der Waals surface area contributed by atoms with Crippen molar-refractivity contribution in [2.75, 3.05) is 26.2 Å². The fourth-order valence-electron chi connectivity index (χ4n) is 3.07. The van der Waals surface area contributed by atoms with E-state index in [-0.39, 0.29) is 23.0 Å². The summed E-state index contributed by atoms with van der Waals surface area (Å²) in [5.74, 6) is -0.437. The highest BCUT2D eigenvalue weighted by atomic mass is 32.1. The standard InChI is InChI=1S/C19H18FN5O2S/c20-14-3-1-13(2-4-14)18-21-15(12-28-18)11-24-7-9-25(10-8-24)19(27)16-5-6-17(26)23-22-16/h1-6,12H,7-11H2,(H,23,26). The van der Waals surface area contributed by atoms with E-state index in [4.69, 9.17) is 0 Å². The van der Waals surface area contributed by atoms with E-state index in [1.165, 1.54) is 35.6 Å². The summed E-state index contributed by atoms with van der Waals surface area (Å²) in [6.07, 6.45) is 0. The zero-order valence-corrected chi connectivity index (χ0v) is 15.8. The maximum absolute atomic E-state index is 13.1. The Morgan fingerprint density at radius 1 is 1.11 bits per heavy atom. The van der Waals surface area contributed by atoms with Gasteiger partial charge in [0.2, 0.25) is 0 Å². The average Bonchev–Trinajstić information content (AvgIpc) is 3.18. The summed E-state index contributed by atoms with van der Waals surface area (Å²) < 4.78 is 13.1. The Kier molecular flexibility index (Phi) is 5.27. The highest BCUT2D eigenvalue weighted by Gasteiger charge is 2.23. The zero-order chi connectivity index (χ0) is 19.5. The first-order chi connectivity index (χ1) is 13.6. The monoisotopic (exact) mass is 399 g/mol. The lowest BCUT2D eigenvalue weighted by molar-refractivity contribution is 0.0620. The first kappa shape index (κ1) is 18.5. The molecule has 1 aliphatic rings. The number of piperazine rings is 1. The van der Waals surface area contributed by atoms with Gasteiger partial charge in [0.15, 0.2) is 0 Å². The highest BCUT2D eigenvalue weighted by Crippen LogP contribution is 2.24. The number of hydrogen-bond donors (Lipinski definition) is 1. The molecule has 1 fully saturated rings. The molecule has 0 unspecified atom stereocenters. The van der Waals surface area contributed by atoms with Crippen molar-refractivity contribution in [3.8, 4) is 10.6 Å². The van der Waals surface area contributed by atoms with Gasteiger partial charge >= 0.3 is 0 Å². The quantitative estimate of drug-likeness (QED) is 0.726. The minimum Gasteiger partial charge on any atom is -0.335 e. The van der Waals surface area contributed by atoms with E-state index < -0.39 is 0 Å². The molecule has 0 bridgehead atoms. The maximum Gasteiger partial charge on any atom is 0.274 e. The fraction of sp³-hybridized carbons (Fsp3) is 0.263. The van der Waals surface area contributed by atoms with Gasteiger partial charge in [0.05, 0.1) is 5.69 Å². The molecule has 3 aromatic rings. The van der Waals surface area contributed by atoms with E-state index in [1.54, 1.807) is 17.0 Å². The van der Waals surface area contributed by atoms with E-state index >= 15 is 0 Å². The molecule has 0 saturated carbocycles. The van der Waals surface area contributed by atoms with Crippen LogP contribution in [-0.2, 0) is 6.54 Å². The van der Waals surface area contributed by atoms with Crippen molar-refractivity contribution in [2.24, 2.45) is 0 Å². The summed E-state index contributed by atoms with van der Waals surface area (Å²) in [6.45, 7) is 3.36. The van der Waals surface area contributed by atoms with Crippen LogP contribution in [0.1, 0.15) is 16.2 Å². The molecule has 1 aromatic carbocycles. The number of thiazole rings is 1. The molecular weight excluding hydrogens is 381 g/mol. The first-order valence-corrected chi connectivity index (χ1v) is 9.74. The number of carbonyl (C=O) groups is 1. The third-order valence-electron chi connectivity index (χ3n) is 4.59. The lowest BCUT2D eigenvalue weighted by Crippen LogP contribution is -2.48. The molecule has 0 spiro atoms. The van der Waals surface area contributed by atoms with Crippen LogP contribution in [0.2, 0.25) is 0 Å². The molecule has 0 atom stereocenters. The van der Waals surface area contributed by atoms with E-state index in [0.717, 1.165) is 29.4 Å². The van der Waals surface area contributed by atoms with Gasteiger partial charge in [0.1, 0.15) is 16.5 Å². The number of amides is 1. The molecule has 9 heteroatoms. The van der Waals surface area contributed by atoms with Crippen molar-refractivity contribution in [3.63, 3.8) is 0 Å². The van der Waals surface area contributed by atoms with Crippen LogP contribution >= 0.6 is 11.3 Å². The summed E-state index contributed by atoms with van der Waals surface area (Å²) in [5, 5.41) is 8.97. The summed E-state index contributed by atoms with van der Waals surface area (Å²) in [4.78, 5) is 32.1. The molecule has 28 heavy (non-hydrogen) atoms. The number of nitrogens with zero attached hydrogens (tertiary/aromatic N) is 4. The molecular formula is C19H18FN5O2S. The van der Waals surface area contributed by atoms with Gasteiger partial charge in [-0.3, -0.25) is 14.5 Å². The van der Waals surface area contributed by atoms with Gasteiger partial charge in [-0.15, -0.1) is 11.3 Å². The van der Waals surface area contributed by atoms with Crippen molar-refractivity contribution < 1.29 is 9.18 Å². The third-order valence-corrected chi connectivity index (χ3v) is 5.53. The van der Waals surface area contributed by atoms with E-state index in [1.807, 2.05) is 5.38 Å². The number of benzene rings is 1. The average molecular weight is 399 g/mol. The Morgan fingerprint density at radius 2 is 1.86 bits per heavy atom. The second-order valence-corrected chi connectivity index (χ2v) is 7.38. The van der Waals surface area contributed by atoms with Gasteiger partial charge in [-0.05, 0) is 30.3 Å². The smallest absolute Gasteiger partial charge is 0.274 e. The van der Waals surface area contributed by atoms with Crippen molar-refractivity contribution in [2.45, 2.75) is 6.54 Å². The lowest BCUT2D eigenvalue weighted by Gasteiger charge is -2.34. The normalized spacial score (nSPS) is 15.0. The maximum atomic E-state index is 13.1. The molecule has 0 aliphatic carbocycles. The van der Waals surface area contributed by atoms with Crippen LogP contribution in [0, 0.1) is 5.82 Å². The molecule has 1 aliphatic heterocycles. The SMILES string of the molecule is O=C(c1ccc(=O)[nH]n1)N1CCN(Cc2csc(-c3ccc(F)cc3)n2)CC1. The minimum absolute atomic E-state index is 0.178. The van der Waals surface area contributed by atoms with Crippen LogP contribution in [0.15, 0.2) is 46.6 Å². The van der Waals surface area contributed by atoms with E-state index in [2.05, 4.69) is 20.1 Å². The second kappa shape index (κ2) is 7.99. The van der Waals surface area contributed by atoms with Crippen LogP contribution in [0.4, 0.5) is 4.39 Å². The van der Waals surface area contributed by atoms with Crippen LogP contribution < -0.4 is 5.56 Å². The van der Waals surface area contributed by atoms with Gasteiger partial charge in [-0.1, -0.05) is 0 Å². The van der Waals surface area contributed by atoms with Crippen molar-refractivity contribution in [3.05, 3.63) is 69.3 Å². The zero-order valence-electron chi connectivity index (χ0n) is 15.0.